The highest BCUT2D eigenvalue weighted by molar-refractivity contribution is 6.31. The Labute approximate surface area is 160 Å². The Kier molecular flexibility index (Phi) is 4.78. The summed E-state index contributed by atoms with van der Waals surface area (Å²) in [6.07, 6.45) is 9.05. The van der Waals surface area contributed by atoms with Gasteiger partial charge in [0.05, 0.1) is 17.5 Å². The van der Waals surface area contributed by atoms with E-state index >= 15 is 0 Å². The van der Waals surface area contributed by atoms with Crippen molar-refractivity contribution in [3.8, 4) is 11.3 Å². The van der Waals surface area contributed by atoms with Crippen LogP contribution < -0.4 is 0 Å². The number of fused-ring (bicyclic) bond motifs is 1. The Morgan fingerprint density at radius 1 is 1.19 bits per heavy atom. The second-order valence-electron chi connectivity index (χ2n) is 7.74. The van der Waals surface area contributed by atoms with Gasteiger partial charge < -0.3 is 4.90 Å². The first-order chi connectivity index (χ1) is 12.6. The minimum absolute atomic E-state index is 0.129. The highest BCUT2D eigenvalue weighted by Crippen LogP contribution is 2.37. The number of aromatic nitrogens is 2. The molecule has 138 valence electrons. The molecule has 2 atom stereocenters. The molecule has 1 saturated carbocycles. The lowest BCUT2D eigenvalue weighted by Crippen LogP contribution is -2.49. The van der Waals surface area contributed by atoms with Gasteiger partial charge >= 0.3 is 0 Å². The standard InChI is InChI=1S/C21H26ClN3O/c1-14-9-10-16(22)12-17(14)20-18(13-23-24(20)2)21(26)25-11-5-7-15-6-3-4-8-19(15)25/h9-10,12-13,15,19H,3-8,11H2,1-2H3. The molecule has 1 saturated heterocycles. The molecule has 4 rings (SSSR count). The van der Waals surface area contributed by atoms with Crippen LogP contribution in [0, 0.1) is 12.8 Å². The topological polar surface area (TPSA) is 38.1 Å². The van der Waals surface area contributed by atoms with E-state index in [9.17, 15) is 4.79 Å². The predicted octanol–water partition coefficient (Wildman–Crippen LogP) is 4.84. The van der Waals surface area contributed by atoms with Crippen LogP contribution in [0.1, 0.15) is 54.4 Å². The number of rotatable bonds is 2. The zero-order chi connectivity index (χ0) is 18.3. The summed E-state index contributed by atoms with van der Waals surface area (Å²) in [5.41, 5.74) is 3.65. The number of benzene rings is 1. The molecule has 5 heteroatoms. The first-order valence-corrected chi connectivity index (χ1v) is 10.0. The first kappa shape index (κ1) is 17.6. The van der Waals surface area contributed by atoms with Crippen molar-refractivity contribution in [3.63, 3.8) is 0 Å². The van der Waals surface area contributed by atoms with Gasteiger partial charge in [-0.05, 0) is 56.2 Å². The molecule has 0 spiro atoms. The maximum Gasteiger partial charge on any atom is 0.257 e. The van der Waals surface area contributed by atoms with E-state index in [1.165, 1.54) is 25.7 Å². The van der Waals surface area contributed by atoms with Gasteiger partial charge in [-0.2, -0.15) is 5.10 Å². The minimum Gasteiger partial charge on any atom is -0.335 e. The Morgan fingerprint density at radius 2 is 1.96 bits per heavy atom. The van der Waals surface area contributed by atoms with E-state index < -0.39 is 0 Å². The number of halogens is 1. The third-order valence-corrected chi connectivity index (χ3v) is 6.36. The van der Waals surface area contributed by atoms with Crippen molar-refractivity contribution in [1.82, 2.24) is 14.7 Å². The lowest BCUT2D eigenvalue weighted by Gasteiger charge is -2.44. The summed E-state index contributed by atoms with van der Waals surface area (Å²) in [7, 11) is 1.89. The number of aryl methyl sites for hydroxylation is 2. The molecule has 0 N–H and O–H groups in total. The second kappa shape index (κ2) is 7.07. The summed E-state index contributed by atoms with van der Waals surface area (Å²) in [5.74, 6) is 0.804. The maximum absolute atomic E-state index is 13.5. The fourth-order valence-electron chi connectivity index (χ4n) is 4.79. The van der Waals surface area contributed by atoms with E-state index in [4.69, 9.17) is 11.6 Å². The van der Waals surface area contributed by atoms with Gasteiger partial charge in [-0.15, -0.1) is 0 Å². The summed E-state index contributed by atoms with van der Waals surface area (Å²) in [4.78, 5) is 15.6. The maximum atomic E-state index is 13.5. The van der Waals surface area contributed by atoms with Crippen LogP contribution in [0.3, 0.4) is 0 Å². The molecule has 0 radical (unpaired) electrons. The van der Waals surface area contributed by atoms with E-state index in [0.29, 0.717) is 22.5 Å². The SMILES string of the molecule is Cc1ccc(Cl)cc1-c1c(C(=O)N2CCCC3CCCCC32)cnn1C. The van der Waals surface area contributed by atoms with Crippen LogP contribution in [0.2, 0.25) is 5.02 Å². The number of nitrogens with zero attached hydrogens (tertiary/aromatic N) is 3. The van der Waals surface area contributed by atoms with Crippen molar-refractivity contribution >= 4 is 17.5 Å². The summed E-state index contributed by atoms with van der Waals surface area (Å²) in [5, 5.41) is 5.09. The second-order valence-corrected chi connectivity index (χ2v) is 8.18. The van der Waals surface area contributed by atoms with Crippen LogP contribution in [0.25, 0.3) is 11.3 Å². The van der Waals surface area contributed by atoms with Crippen molar-refractivity contribution < 1.29 is 4.79 Å². The van der Waals surface area contributed by atoms with Crippen molar-refractivity contribution in [2.24, 2.45) is 13.0 Å². The van der Waals surface area contributed by atoms with Crippen molar-refractivity contribution in [1.29, 1.82) is 0 Å². The molecule has 2 aromatic rings. The molecular formula is C21H26ClN3O. The zero-order valence-electron chi connectivity index (χ0n) is 15.5. The Hall–Kier alpha value is -1.81. The Morgan fingerprint density at radius 3 is 2.81 bits per heavy atom. The lowest BCUT2D eigenvalue weighted by molar-refractivity contribution is 0.0391. The summed E-state index contributed by atoms with van der Waals surface area (Å²) >= 11 is 6.23. The molecule has 1 aromatic carbocycles. The van der Waals surface area contributed by atoms with Gasteiger partial charge in [-0.1, -0.05) is 30.5 Å². The fourth-order valence-corrected chi connectivity index (χ4v) is 4.97. The van der Waals surface area contributed by atoms with E-state index in [-0.39, 0.29) is 5.91 Å². The number of carbonyl (C=O) groups is 1. The monoisotopic (exact) mass is 371 g/mol. The van der Waals surface area contributed by atoms with Gasteiger partial charge in [-0.25, -0.2) is 0 Å². The lowest BCUT2D eigenvalue weighted by atomic mass is 9.78. The number of amides is 1. The van der Waals surface area contributed by atoms with E-state index in [2.05, 4.69) is 10.00 Å². The Balaban J connectivity index is 1.72. The fraction of sp³-hybridized carbons (Fsp3) is 0.524. The molecule has 4 nitrogen and oxygen atoms in total. The van der Waals surface area contributed by atoms with Gasteiger partial charge in [0.15, 0.2) is 0 Å². The van der Waals surface area contributed by atoms with E-state index in [1.54, 1.807) is 10.9 Å². The van der Waals surface area contributed by atoms with Crippen molar-refractivity contribution in [2.45, 2.75) is 51.5 Å². The molecule has 0 bridgehead atoms. The Bertz CT molecular complexity index is 827. The molecule has 2 unspecified atom stereocenters. The summed E-state index contributed by atoms with van der Waals surface area (Å²) < 4.78 is 1.80. The molecule has 26 heavy (non-hydrogen) atoms. The number of likely N-dealkylation sites (tertiary alicyclic amines) is 1. The van der Waals surface area contributed by atoms with E-state index in [1.807, 2.05) is 32.2 Å². The molecule has 1 aliphatic heterocycles. The smallest absolute Gasteiger partial charge is 0.257 e. The minimum atomic E-state index is 0.129. The molecule has 2 aliphatic rings. The number of carbonyl (C=O) groups excluding carboxylic acids is 1. The summed E-state index contributed by atoms with van der Waals surface area (Å²) in [6, 6.07) is 6.22. The van der Waals surface area contributed by atoms with Crippen LogP contribution in [-0.2, 0) is 7.05 Å². The first-order valence-electron chi connectivity index (χ1n) is 9.65. The van der Waals surface area contributed by atoms with Crippen molar-refractivity contribution in [2.75, 3.05) is 6.54 Å². The van der Waals surface area contributed by atoms with Gasteiger partial charge in [-0.3, -0.25) is 9.48 Å². The number of hydrogen-bond donors (Lipinski definition) is 0. The van der Waals surface area contributed by atoms with Gasteiger partial charge in [0.1, 0.15) is 0 Å². The largest absolute Gasteiger partial charge is 0.335 e. The van der Waals surface area contributed by atoms with E-state index in [0.717, 1.165) is 36.2 Å². The van der Waals surface area contributed by atoms with Gasteiger partial charge in [0, 0.05) is 30.2 Å². The third kappa shape index (κ3) is 3.05. The highest BCUT2D eigenvalue weighted by Gasteiger charge is 2.37. The average molecular weight is 372 g/mol. The van der Waals surface area contributed by atoms with Gasteiger partial charge in [0.2, 0.25) is 0 Å². The highest BCUT2D eigenvalue weighted by atomic mass is 35.5. The predicted molar refractivity (Wildman–Crippen MR) is 104 cm³/mol. The van der Waals surface area contributed by atoms with Crippen molar-refractivity contribution in [3.05, 3.63) is 40.5 Å². The van der Waals surface area contributed by atoms with Crippen LogP contribution in [0.5, 0.6) is 0 Å². The normalized spacial score (nSPS) is 23.0. The number of hydrogen-bond acceptors (Lipinski definition) is 2. The van der Waals surface area contributed by atoms with Crippen LogP contribution in [0.4, 0.5) is 0 Å². The zero-order valence-corrected chi connectivity index (χ0v) is 16.3. The molecule has 2 fully saturated rings. The van der Waals surface area contributed by atoms with Gasteiger partial charge in [0.25, 0.3) is 5.91 Å². The van der Waals surface area contributed by atoms with Crippen LogP contribution in [0.15, 0.2) is 24.4 Å². The average Bonchev–Trinajstić information content (AvgIpc) is 3.04. The molecular weight excluding hydrogens is 346 g/mol. The van der Waals surface area contributed by atoms with Crippen LogP contribution in [-0.4, -0.2) is 33.2 Å². The number of piperidine rings is 1. The molecule has 2 heterocycles. The molecule has 1 amide bonds. The third-order valence-electron chi connectivity index (χ3n) is 6.13. The molecule has 1 aliphatic carbocycles. The quantitative estimate of drug-likeness (QED) is 0.757. The summed E-state index contributed by atoms with van der Waals surface area (Å²) in [6.45, 7) is 2.91. The van der Waals surface area contributed by atoms with Crippen LogP contribution >= 0.6 is 11.6 Å². The molecule has 1 aromatic heterocycles.